The van der Waals surface area contributed by atoms with Gasteiger partial charge in [0, 0.05) is 10.9 Å². The van der Waals surface area contributed by atoms with Crippen molar-refractivity contribution in [2.75, 3.05) is 12.5 Å². The molecule has 1 aromatic heterocycles. The van der Waals surface area contributed by atoms with E-state index in [1.165, 1.54) is 5.56 Å². The summed E-state index contributed by atoms with van der Waals surface area (Å²) in [6.07, 6.45) is 1.72. The van der Waals surface area contributed by atoms with Crippen LogP contribution in [0.15, 0.2) is 77.9 Å². The van der Waals surface area contributed by atoms with Gasteiger partial charge in [-0.25, -0.2) is 15.4 Å². The first kappa shape index (κ1) is 17.7. The van der Waals surface area contributed by atoms with Gasteiger partial charge in [-0.3, -0.25) is 0 Å². The lowest BCUT2D eigenvalue weighted by molar-refractivity contribution is 0.415. The Morgan fingerprint density at radius 2 is 1.79 bits per heavy atom. The van der Waals surface area contributed by atoms with Crippen LogP contribution >= 0.6 is 0 Å². The molecule has 0 atom stereocenters. The summed E-state index contributed by atoms with van der Waals surface area (Å²) in [4.78, 5) is 9.32. The van der Waals surface area contributed by atoms with Crippen molar-refractivity contribution < 1.29 is 4.74 Å². The lowest BCUT2D eigenvalue weighted by Gasteiger charge is -2.09. The fourth-order valence-electron chi connectivity index (χ4n) is 2.99. The van der Waals surface area contributed by atoms with Crippen LogP contribution in [0.5, 0.6) is 5.75 Å². The summed E-state index contributed by atoms with van der Waals surface area (Å²) >= 11 is 0. The van der Waals surface area contributed by atoms with Gasteiger partial charge in [-0.1, -0.05) is 54.1 Å². The normalized spacial score (nSPS) is 11.1. The molecule has 1 N–H and O–H groups in total. The van der Waals surface area contributed by atoms with Gasteiger partial charge in [0.05, 0.1) is 24.5 Å². The Labute approximate surface area is 163 Å². The Bertz CT molecular complexity index is 1140. The summed E-state index contributed by atoms with van der Waals surface area (Å²) in [6.45, 7) is 2.07. The van der Waals surface area contributed by atoms with Gasteiger partial charge in [0.2, 0.25) is 5.95 Å². The Balaban J connectivity index is 1.69. The zero-order valence-corrected chi connectivity index (χ0v) is 15.8. The van der Waals surface area contributed by atoms with Gasteiger partial charge in [-0.15, -0.1) is 0 Å². The maximum atomic E-state index is 5.24. The molecule has 0 fully saturated rings. The van der Waals surface area contributed by atoms with E-state index in [1.807, 2.05) is 66.7 Å². The van der Waals surface area contributed by atoms with Crippen LogP contribution in [-0.2, 0) is 0 Å². The SMILES string of the molecule is COc1cccc(/C=N\Nc2nc(-c3ccccc3)c3cc(C)ccc3n2)c1. The van der Waals surface area contributed by atoms with Crippen LogP contribution in [0, 0.1) is 6.92 Å². The van der Waals surface area contributed by atoms with Gasteiger partial charge in [0.15, 0.2) is 0 Å². The minimum Gasteiger partial charge on any atom is -0.497 e. The maximum Gasteiger partial charge on any atom is 0.244 e. The molecular weight excluding hydrogens is 348 g/mol. The van der Waals surface area contributed by atoms with E-state index in [4.69, 9.17) is 9.72 Å². The van der Waals surface area contributed by atoms with Crippen molar-refractivity contribution in [1.29, 1.82) is 0 Å². The number of aromatic nitrogens is 2. The Morgan fingerprint density at radius 1 is 0.929 bits per heavy atom. The number of nitrogens with one attached hydrogen (secondary N) is 1. The third-order valence-electron chi connectivity index (χ3n) is 4.37. The molecule has 0 bridgehead atoms. The highest BCUT2D eigenvalue weighted by atomic mass is 16.5. The molecule has 0 unspecified atom stereocenters. The number of fused-ring (bicyclic) bond motifs is 1. The zero-order valence-electron chi connectivity index (χ0n) is 15.8. The highest BCUT2D eigenvalue weighted by Crippen LogP contribution is 2.28. The van der Waals surface area contributed by atoms with Gasteiger partial charge in [0.1, 0.15) is 5.75 Å². The van der Waals surface area contributed by atoms with Crippen LogP contribution in [0.2, 0.25) is 0 Å². The summed E-state index contributed by atoms with van der Waals surface area (Å²) in [5, 5.41) is 5.31. The van der Waals surface area contributed by atoms with Crippen molar-refractivity contribution >= 4 is 23.1 Å². The number of ether oxygens (including phenoxy) is 1. The van der Waals surface area contributed by atoms with Crippen molar-refractivity contribution in [2.24, 2.45) is 5.10 Å². The van der Waals surface area contributed by atoms with Crippen molar-refractivity contribution in [1.82, 2.24) is 9.97 Å². The van der Waals surface area contributed by atoms with Gasteiger partial charge in [-0.2, -0.15) is 5.10 Å². The summed E-state index contributed by atoms with van der Waals surface area (Å²) in [5.41, 5.74) is 7.85. The average Bonchev–Trinajstić information content (AvgIpc) is 2.74. The van der Waals surface area contributed by atoms with Crippen molar-refractivity contribution in [3.8, 4) is 17.0 Å². The first-order chi connectivity index (χ1) is 13.7. The van der Waals surface area contributed by atoms with E-state index in [9.17, 15) is 0 Å². The Kier molecular flexibility index (Phi) is 4.97. The number of hydrazone groups is 1. The van der Waals surface area contributed by atoms with E-state index in [1.54, 1.807) is 13.3 Å². The van der Waals surface area contributed by atoms with Crippen LogP contribution in [0.1, 0.15) is 11.1 Å². The van der Waals surface area contributed by atoms with Gasteiger partial charge in [-0.05, 0) is 36.8 Å². The molecule has 0 amide bonds. The lowest BCUT2D eigenvalue weighted by Crippen LogP contribution is -2.00. The molecule has 0 spiro atoms. The van der Waals surface area contributed by atoms with E-state index in [2.05, 4.69) is 28.5 Å². The minimum atomic E-state index is 0.453. The van der Waals surface area contributed by atoms with Crippen LogP contribution in [0.3, 0.4) is 0 Å². The summed E-state index contributed by atoms with van der Waals surface area (Å²) in [5.74, 6) is 1.24. The molecule has 0 radical (unpaired) electrons. The second-order valence-electron chi connectivity index (χ2n) is 6.43. The molecule has 5 nitrogen and oxygen atoms in total. The topological polar surface area (TPSA) is 59.4 Å². The highest BCUT2D eigenvalue weighted by molar-refractivity contribution is 5.93. The van der Waals surface area contributed by atoms with Crippen LogP contribution in [0.25, 0.3) is 22.2 Å². The summed E-state index contributed by atoms with van der Waals surface area (Å²) in [6, 6.07) is 24.0. The van der Waals surface area contributed by atoms with Crippen LogP contribution in [0.4, 0.5) is 5.95 Å². The molecule has 4 rings (SSSR count). The van der Waals surface area contributed by atoms with Gasteiger partial charge in [0.25, 0.3) is 0 Å². The molecular formula is C23H20N4O. The molecule has 0 aliphatic heterocycles. The van der Waals surface area contributed by atoms with E-state index in [0.717, 1.165) is 33.5 Å². The lowest BCUT2D eigenvalue weighted by atomic mass is 10.0. The largest absolute Gasteiger partial charge is 0.497 e. The Morgan fingerprint density at radius 3 is 2.61 bits per heavy atom. The van der Waals surface area contributed by atoms with Crippen molar-refractivity contribution in [2.45, 2.75) is 6.92 Å². The van der Waals surface area contributed by atoms with Crippen molar-refractivity contribution in [3.63, 3.8) is 0 Å². The number of methoxy groups -OCH3 is 1. The molecule has 3 aromatic carbocycles. The minimum absolute atomic E-state index is 0.453. The molecule has 5 heteroatoms. The Hall–Kier alpha value is -3.73. The molecule has 28 heavy (non-hydrogen) atoms. The number of hydrogen-bond acceptors (Lipinski definition) is 5. The standard InChI is InChI=1S/C23H20N4O/c1-16-11-12-21-20(13-16)22(18-8-4-3-5-9-18)26-23(25-21)27-24-15-17-7-6-10-19(14-17)28-2/h3-15H,1-2H3,(H,25,26,27)/b24-15-. The van der Waals surface area contributed by atoms with E-state index >= 15 is 0 Å². The van der Waals surface area contributed by atoms with E-state index < -0.39 is 0 Å². The molecule has 138 valence electrons. The predicted molar refractivity (Wildman–Crippen MR) is 114 cm³/mol. The smallest absolute Gasteiger partial charge is 0.244 e. The number of aryl methyl sites for hydroxylation is 1. The summed E-state index contributed by atoms with van der Waals surface area (Å²) < 4.78 is 5.24. The number of anilines is 1. The van der Waals surface area contributed by atoms with E-state index in [0.29, 0.717) is 5.95 Å². The number of nitrogens with zero attached hydrogens (tertiary/aromatic N) is 3. The quantitative estimate of drug-likeness (QED) is 0.395. The fraction of sp³-hybridized carbons (Fsp3) is 0.0870. The van der Waals surface area contributed by atoms with Crippen molar-refractivity contribution in [3.05, 3.63) is 83.9 Å². The number of benzene rings is 3. The average molecular weight is 368 g/mol. The third-order valence-corrected chi connectivity index (χ3v) is 4.37. The van der Waals surface area contributed by atoms with E-state index in [-0.39, 0.29) is 0 Å². The fourth-order valence-corrected chi connectivity index (χ4v) is 2.99. The number of hydrogen-bond donors (Lipinski definition) is 1. The first-order valence-corrected chi connectivity index (χ1v) is 9.00. The third kappa shape index (κ3) is 3.83. The second kappa shape index (κ2) is 7.88. The molecule has 1 heterocycles. The molecule has 0 saturated heterocycles. The first-order valence-electron chi connectivity index (χ1n) is 9.00. The van der Waals surface area contributed by atoms with Gasteiger partial charge < -0.3 is 4.74 Å². The van der Waals surface area contributed by atoms with Gasteiger partial charge >= 0.3 is 0 Å². The molecule has 0 saturated carbocycles. The van der Waals surface area contributed by atoms with Crippen LogP contribution < -0.4 is 10.2 Å². The zero-order chi connectivity index (χ0) is 19.3. The second-order valence-corrected chi connectivity index (χ2v) is 6.43. The summed E-state index contributed by atoms with van der Waals surface area (Å²) in [7, 11) is 1.64. The van der Waals surface area contributed by atoms with Crippen LogP contribution in [-0.4, -0.2) is 23.3 Å². The number of rotatable bonds is 5. The molecule has 4 aromatic rings. The highest BCUT2D eigenvalue weighted by Gasteiger charge is 2.09. The molecule has 0 aliphatic rings. The molecule has 0 aliphatic carbocycles. The monoisotopic (exact) mass is 368 g/mol. The predicted octanol–water partition coefficient (Wildman–Crippen LogP) is 5.06. The maximum absolute atomic E-state index is 5.24.